The Kier molecular flexibility index (Phi) is 15.4. The lowest BCUT2D eigenvalue weighted by Gasteiger charge is -2.35. The van der Waals surface area contributed by atoms with Gasteiger partial charge in [-0.3, -0.25) is 0 Å². The summed E-state index contributed by atoms with van der Waals surface area (Å²) in [6.45, 7) is 9.26. The Morgan fingerprint density at radius 3 is 1.58 bits per heavy atom. The zero-order chi connectivity index (χ0) is 13.9. The van der Waals surface area contributed by atoms with Crippen LogP contribution in [-0.4, -0.2) is 5.54 Å². The van der Waals surface area contributed by atoms with Gasteiger partial charge in [-0.2, -0.15) is 0 Å². The van der Waals surface area contributed by atoms with Crippen molar-refractivity contribution in [3.63, 3.8) is 0 Å². The molecule has 0 saturated heterocycles. The summed E-state index contributed by atoms with van der Waals surface area (Å²) >= 11 is 0. The zero-order valence-corrected chi connectivity index (χ0v) is 15.5. The second-order valence-corrected chi connectivity index (χ2v) is 6.20. The van der Waals surface area contributed by atoms with Crippen molar-refractivity contribution in [2.75, 3.05) is 0 Å². The van der Waals surface area contributed by atoms with Crippen LogP contribution >= 0.6 is 0 Å². The lowest BCUT2D eigenvalue weighted by atomic mass is 9.73. The minimum Gasteiger partial charge on any atom is -1.00 e. The molecule has 0 bridgehead atoms. The maximum atomic E-state index is 4.72. The number of halogens is 1. The molecular formula is C17H38BrN. The van der Waals surface area contributed by atoms with E-state index in [0.717, 1.165) is 5.92 Å². The lowest BCUT2D eigenvalue weighted by molar-refractivity contribution is -0.498. The standard InChI is InChI=1S/C17H37N.BrH/c1-5-9-13-16(12-8-4)17(18,14-10-6-2)15-11-7-3;/h16H,5-15,18H2,1-4H3;1H. The van der Waals surface area contributed by atoms with Gasteiger partial charge in [0.1, 0.15) is 0 Å². The second kappa shape index (κ2) is 13.4. The van der Waals surface area contributed by atoms with Crippen LogP contribution in [0.1, 0.15) is 98.3 Å². The van der Waals surface area contributed by atoms with Crippen molar-refractivity contribution < 1.29 is 22.7 Å². The van der Waals surface area contributed by atoms with Crippen molar-refractivity contribution >= 4 is 0 Å². The molecule has 0 fully saturated rings. The van der Waals surface area contributed by atoms with Gasteiger partial charge < -0.3 is 22.7 Å². The van der Waals surface area contributed by atoms with Crippen LogP contribution in [-0.2, 0) is 0 Å². The molecule has 1 atom stereocenters. The number of hydrogen-bond acceptors (Lipinski definition) is 0. The highest BCUT2D eigenvalue weighted by atomic mass is 79.9. The van der Waals surface area contributed by atoms with Crippen LogP contribution in [0.3, 0.4) is 0 Å². The molecule has 1 nitrogen and oxygen atoms in total. The van der Waals surface area contributed by atoms with Crippen molar-refractivity contribution in [3.8, 4) is 0 Å². The third kappa shape index (κ3) is 9.07. The first-order chi connectivity index (χ1) is 8.64. The molecule has 0 saturated carbocycles. The van der Waals surface area contributed by atoms with Crippen LogP contribution in [0.25, 0.3) is 0 Å². The van der Waals surface area contributed by atoms with E-state index in [0.29, 0.717) is 5.54 Å². The van der Waals surface area contributed by atoms with Crippen LogP contribution in [0.5, 0.6) is 0 Å². The smallest absolute Gasteiger partial charge is 0.0974 e. The van der Waals surface area contributed by atoms with Crippen molar-refractivity contribution in [1.29, 1.82) is 0 Å². The third-order valence-corrected chi connectivity index (χ3v) is 4.47. The molecule has 0 spiro atoms. The van der Waals surface area contributed by atoms with Crippen LogP contribution < -0.4 is 22.7 Å². The largest absolute Gasteiger partial charge is 1.00 e. The summed E-state index contributed by atoms with van der Waals surface area (Å²) in [5.41, 5.74) is 5.09. The van der Waals surface area contributed by atoms with Gasteiger partial charge in [-0.05, 0) is 25.7 Å². The Bertz CT molecular complexity index is 174. The van der Waals surface area contributed by atoms with Crippen molar-refractivity contribution in [3.05, 3.63) is 0 Å². The maximum absolute atomic E-state index is 4.72. The molecule has 118 valence electrons. The Morgan fingerprint density at radius 1 is 0.737 bits per heavy atom. The highest BCUT2D eigenvalue weighted by molar-refractivity contribution is 4.84. The van der Waals surface area contributed by atoms with E-state index < -0.39 is 0 Å². The minimum absolute atomic E-state index is 0. The summed E-state index contributed by atoms with van der Waals surface area (Å²) in [6, 6.07) is 0. The van der Waals surface area contributed by atoms with E-state index in [-0.39, 0.29) is 17.0 Å². The average molecular weight is 336 g/mol. The Morgan fingerprint density at radius 2 is 1.21 bits per heavy atom. The molecule has 0 aliphatic carbocycles. The van der Waals surface area contributed by atoms with Gasteiger partial charge in [0.05, 0.1) is 5.54 Å². The number of quaternary nitrogens is 1. The molecule has 0 aromatic heterocycles. The number of unbranched alkanes of at least 4 members (excludes halogenated alkanes) is 3. The van der Waals surface area contributed by atoms with Gasteiger partial charge in [-0.15, -0.1) is 0 Å². The molecule has 2 heteroatoms. The van der Waals surface area contributed by atoms with Gasteiger partial charge in [0, 0.05) is 18.8 Å². The van der Waals surface area contributed by atoms with E-state index >= 15 is 0 Å². The van der Waals surface area contributed by atoms with Crippen LogP contribution in [0.15, 0.2) is 0 Å². The predicted octanol–water partition coefficient (Wildman–Crippen LogP) is 1.96. The molecule has 0 aromatic rings. The molecule has 0 aliphatic heterocycles. The quantitative estimate of drug-likeness (QED) is 0.564. The first-order valence-electron chi connectivity index (χ1n) is 8.49. The molecule has 1 unspecified atom stereocenters. The van der Waals surface area contributed by atoms with Gasteiger partial charge >= 0.3 is 0 Å². The van der Waals surface area contributed by atoms with Gasteiger partial charge in [-0.25, -0.2) is 0 Å². The minimum atomic E-state index is 0. The van der Waals surface area contributed by atoms with E-state index in [1.54, 1.807) is 0 Å². The molecule has 0 heterocycles. The molecule has 0 amide bonds. The summed E-state index contributed by atoms with van der Waals surface area (Å²) < 4.78 is 0. The summed E-state index contributed by atoms with van der Waals surface area (Å²) in [7, 11) is 0. The number of hydrogen-bond donors (Lipinski definition) is 1. The highest BCUT2D eigenvalue weighted by Gasteiger charge is 2.36. The van der Waals surface area contributed by atoms with Gasteiger partial charge in [0.2, 0.25) is 0 Å². The highest BCUT2D eigenvalue weighted by Crippen LogP contribution is 2.32. The topological polar surface area (TPSA) is 27.6 Å². The fraction of sp³-hybridized carbons (Fsp3) is 1.00. The van der Waals surface area contributed by atoms with Crippen molar-refractivity contribution in [2.45, 2.75) is 104 Å². The van der Waals surface area contributed by atoms with E-state index in [9.17, 15) is 0 Å². The summed E-state index contributed by atoms with van der Waals surface area (Å²) in [6.07, 6.45) is 14.9. The molecule has 19 heavy (non-hydrogen) atoms. The molecule has 3 N–H and O–H groups in total. The van der Waals surface area contributed by atoms with Crippen LogP contribution in [0.2, 0.25) is 0 Å². The molecule has 0 aromatic carbocycles. The zero-order valence-electron chi connectivity index (χ0n) is 13.9. The van der Waals surface area contributed by atoms with Gasteiger partial charge in [0.15, 0.2) is 0 Å². The van der Waals surface area contributed by atoms with E-state index in [4.69, 9.17) is 5.73 Å². The first-order valence-corrected chi connectivity index (χ1v) is 8.49. The number of rotatable bonds is 12. The Hall–Kier alpha value is 0.440. The van der Waals surface area contributed by atoms with E-state index in [1.807, 2.05) is 0 Å². The van der Waals surface area contributed by atoms with Gasteiger partial charge in [0.25, 0.3) is 0 Å². The van der Waals surface area contributed by atoms with Crippen LogP contribution in [0.4, 0.5) is 0 Å². The maximum Gasteiger partial charge on any atom is 0.0974 e. The van der Waals surface area contributed by atoms with Crippen molar-refractivity contribution in [2.24, 2.45) is 5.92 Å². The summed E-state index contributed by atoms with van der Waals surface area (Å²) in [4.78, 5) is 0. The van der Waals surface area contributed by atoms with E-state index in [2.05, 4.69) is 27.7 Å². The Labute approximate surface area is 132 Å². The monoisotopic (exact) mass is 335 g/mol. The van der Waals surface area contributed by atoms with Gasteiger partial charge in [-0.1, -0.05) is 59.8 Å². The summed E-state index contributed by atoms with van der Waals surface area (Å²) in [5, 5.41) is 0. The first kappa shape index (κ1) is 21.7. The molecule has 0 aliphatic rings. The average Bonchev–Trinajstić information content (AvgIpc) is 2.38. The normalized spacial score (nSPS) is 13.1. The van der Waals surface area contributed by atoms with Crippen LogP contribution in [0, 0.1) is 5.92 Å². The fourth-order valence-electron chi connectivity index (χ4n) is 3.15. The molecule has 0 radical (unpaired) electrons. The molecule has 0 rings (SSSR count). The molecular weight excluding hydrogens is 298 g/mol. The Balaban J connectivity index is 0. The summed E-state index contributed by atoms with van der Waals surface area (Å²) in [5.74, 6) is 0.862. The van der Waals surface area contributed by atoms with E-state index in [1.165, 1.54) is 70.6 Å². The second-order valence-electron chi connectivity index (χ2n) is 6.20. The fourth-order valence-corrected chi connectivity index (χ4v) is 3.15. The SMILES string of the molecule is CCCCC(CCC)C([NH3+])(CCCC)CCCC.[Br-]. The predicted molar refractivity (Wildman–Crippen MR) is 82.6 cm³/mol. The lowest BCUT2D eigenvalue weighted by Crippen LogP contribution is -3.00. The third-order valence-electron chi connectivity index (χ3n) is 4.47. The van der Waals surface area contributed by atoms with Crippen molar-refractivity contribution in [1.82, 2.24) is 0 Å².